The summed E-state index contributed by atoms with van der Waals surface area (Å²) in [5, 5.41) is 0. The molecule has 104 valence electrons. The number of nitrogens with zero attached hydrogens (tertiary/aromatic N) is 1. The van der Waals surface area contributed by atoms with E-state index in [0.717, 1.165) is 12.8 Å². The summed E-state index contributed by atoms with van der Waals surface area (Å²) in [5.41, 5.74) is 0. The molecular formula is C13H23NO4. The molecule has 18 heavy (non-hydrogen) atoms. The third-order valence-corrected chi connectivity index (χ3v) is 2.89. The van der Waals surface area contributed by atoms with Crippen molar-refractivity contribution in [2.45, 2.75) is 39.2 Å². The maximum atomic E-state index is 12.1. The number of carbonyl (C=O) groups excluding carboxylic acids is 2. The van der Waals surface area contributed by atoms with Crippen LogP contribution in [0.25, 0.3) is 0 Å². The average molecular weight is 257 g/mol. The molecular weight excluding hydrogens is 234 g/mol. The van der Waals surface area contributed by atoms with E-state index in [9.17, 15) is 9.59 Å². The summed E-state index contributed by atoms with van der Waals surface area (Å²) in [6.07, 6.45) is 2.40. The lowest BCUT2D eigenvalue weighted by Crippen LogP contribution is -2.39. The second-order valence-corrected chi connectivity index (χ2v) is 4.82. The van der Waals surface area contributed by atoms with E-state index in [4.69, 9.17) is 9.47 Å². The summed E-state index contributed by atoms with van der Waals surface area (Å²) in [4.78, 5) is 25.2. The van der Waals surface area contributed by atoms with E-state index in [1.165, 1.54) is 0 Å². The highest BCUT2D eigenvalue weighted by atomic mass is 16.5. The SMILES string of the molecule is CCOC(=O)CN(C(=O)CC(C)COC)C1CC1. The number of ether oxygens (including phenoxy) is 2. The van der Waals surface area contributed by atoms with Gasteiger partial charge in [0, 0.05) is 26.2 Å². The number of esters is 1. The van der Waals surface area contributed by atoms with Crippen LogP contribution in [0.5, 0.6) is 0 Å². The Balaban J connectivity index is 2.45. The van der Waals surface area contributed by atoms with E-state index in [1.54, 1.807) is 18.9 Å². The Kier molecular flexibility index (Phi) is 6.12. The average Bonchev–Trinajstić information content (AvgIpc) is 3.10. The molecule has 5 heteroatoms. The lowest BCUT2D eigenvalue weighted by atomic mass is 10.1. The lowest BCUT2D eigenvalue weighted by Gasteiger charge is -2.23. The molecule has 5 nitrogen and oxygen atoms in total. The largest absolute Gasteiger partial charge is 0.465 e. The molecule has 0 heterocycles. The summed E-state index contributed by atoms with van der Waals surface area (Å²) in [5.74, 6) is -0.127. The van der Waals surface area contributed by atoms with Crippen LogP contribution in [0.3, 0.4) is 0 Å². The van der Waals surface area contributed by atoms with Crippen molar-refractivity contribution in [2.75, 3.05) is 26.9 Å². The first-order valence-corrected chi connectivity index (χ1v) is 6.52. The predicted octanol–water partition coefficient (Wildman–Crippen LogP) is 1.21. The van der Waals surface area contributed by atoms with Gasteiger partial charge >= 0.3 is 5.97 Å². The Morgan fingerprint density at radius 2 is 2.06 bits per heavy atom. The molecule has 1 saturated carbocycles. The van der Waals surface area contributed by atoms with Crippen molar-refractivity contribution in [3.8, 4) is 0 Å². The van der Waals surface area contributed by atoms with Gasteiger partial charge in [0.05, 0.1) is 6.61 Å². The first-order chi connectivity index (χ1) is 8.58. The second-order valence-electron chi connectivity index (χ2n) is 4.82. The Hall–Kier alpha value is -1.10. The molecule has 0 aromatic rings. The van der Waals surface area contributed by atoms with Gasteiger partial charge in [0.2, 0.25) is 5.91 Å². The molecule has 0 saturated heterocycles. The monoisotopic (exact) mass is 257 g/mol. The third-order valence-electron chi connectivity index (χ3n) is 2.89. The highest BCUT2D eigenvalue weighted by Gasteiger charge is 2.34. The smallest absolute Gasteiger partial charge is 0.325 e. The van der Waals surface area contributed by atoms with E-state index in [1.807, 2.05) is 6.92 Å². The molecule has 1 atom stereocenters. The van der Waals surface area contributed by atoms with Gasteiger partial charge in [-0.05, 0) is 25.7 Å². The summed E-state index contributed by atoms with van der Waals surface area (Å²) in [6, 6.07) is 0.233. The topological polar surface area (TPSA) is 55.8 Å². The highest BCUT2D eigenvalue weighted by molar-refractivity contribution is 5.82. The van der Waals surface area contributed by atoms with Gasteiger partial charge in [0.25, 0.3) is 0 Å². The van der Waals surface area contributed by atoms with Crippen LogP contribution in [0.15, 0.2) is 0 Å². The van der Waals surface area contributed by atoms with Gasteiger partial charge in [0.15, 0.2) is 0 Å². The van der Waals surface area contributed by atoms with E-state index >= 15 is 0 Å². The number of carbonyl (C=O) groups is 2. The number of hydrogen-bond acceptors (Lipinski definition) is 4. The first-order valence-electron chi connectivity index (χ1n) is 6.52. The fourth-order valence-electron chi connectivity index (χ4n) is 1.91. The molecule has 0 aromatic heterocycles. The Morgan fingerprint density at radius 1 is 1.39 bits per heavy atom. The standard InChI is InChI=1S/C13H23NO4/c1-4-18-13(16)8-14(11-5-6-11)12(15)7-10(2)9-17-3/h10-11H,4-9H2,1-3H3. The Morgan fingerprint density at radius 3 is 2.56 bits per heavy atom. The van der Waals surface area contributed by atoms with E-state index in [-0.39, 0.29) is 30.4 Å². The maximum absolute atomic E-state index is 12.1. The normalized spacial score (nSPS) is 16.2. The van der Waals surface area contributed by atoms with Crippen molar-refractivity contribution in [1.29, 1.82) is 0 Å². The summed E-state index contributed by atoms with van der Waals surface area (Å²) < 4.78 is 9.91. The minimum atomic E-state index is -0.322. The van der Waals surface area contributed by atoms with Crippen LogP contribution in [0.1, 0.15) is 33.1 Å². The molecule has 1 fully saturated rings. The van der Waals surface area contributed by atoms with Crippen molar-refractivity contribution in [3.63, 3.8) is 0 Å². The highest BCUT2D eigenvalue weighted by Crippen LogP contribution is 2.27. The fraction of sp³-hybridized carbons (Fsp3) is 0.846. The van der Waals surface area contributed by atoms with Gasteiger partial charge in [-0.2, -0.15) is 0 Å². The van der Waals surface area contributed by atoms with Crippen molar-refractivity contribution in [1.82, 2.24) is 4.90 Å². The molecule has 1 aliphatic rings. The molecule has 0 bridgehead atoms. The van der Waals surface area contributed by atoms with Crippen LogP contribution in [0.2, 0.25) is 0 Å². The van der Waals surface area contributed by atoms with E-state index in [2.05, 4.69) is 0 Å². The van der Waals surface area contributed by atoms with Gasteiger partial charge in [-0.3, -0.25) is 9.59 Å². The zero-order chi connectivity index (χ0) is 13.5. The van der Waals surface area contributed by atoms with Crippen molar-refractivity contribution < 1.29 is 19.1 Å². The van der Waals surface area contributed by atoms with Crippen molar-refractivity contribution >= 4 is 11.9 Å². The maximum Gasteiger partial charge on any atom is 0.325 e. The third kappa shape index (κ3) is 5.04. The lowest BCUT2D eigenvalue weighted by molar-refractivity contribution is -0.149. The number of amides is 1. The number of methoxy groups -OCH3 is 1. The zero-order valence-electron chi connectivity index (χ0n) is 11.5. The molecule has 0 aromatic carbocycles. The van der Waals surface area contributed by atoms with E-state index < -0.39 is 0 Å². The summed E-state index contributed by atoms with van der Waals surface area (Å²) >= 11 is 0. The molecule has 1 amide bonds. The van der Waals surface area contributed by atoms with Crippen LogP contribution in [0, 0.1) is 5.92 Å². The second kappa shape index (κ2) is 7.36. The van der Waals surface area contributed by atoms with Crippen LogP contribution >= 0.6 is 0 Å². The van der Waals surface area contributed by atoms with Gasteiger partial charge in [0.1, 0.15) is 6.54 Å². The minimum Gasteiger partial charge on any atom is -0.465 e. The van der Waals surface area contributed by atoms with Crippen molar-refractivity contribution in [2.24, 2.45) is 5.92 Å². The fourth-order valence-corrected chi connectivity index (χ4v) is 1.91. The van der Waals surface area contributed by atoms with Crippen LogP contribution in [-0.4, -0.2) is 49.7 Å². The molecule has 1 rings (SSSR count). The molecule has 0 spiro atoms. The van der Waals surface area contributed by atoms with E-state index in [0.29, 0.717) is 19.6 Å². The van der Waals surface area contributed by atoms with Crippen LogP contribution < -0.4 is 0 Å². The van der Waals surface area contributed by atoms with Gasteiger partial charge in [-0.1, -0.05) is 6.92 Å². The van der Waals surface area contributed by atoms with Crippen molar-refractivity contribution in [3.05, 3.63) is 0 Å². The van der Waals surface area contributed by atoms with Gasteiger partial charge in [-0.15, -0.1) is 0 Å². The van der Waals surface area contributed by atoms with Crippen LogP contribution in [-0.2, 0) is 19.1 Å². The van der Waals surface area contributed by atoms with Crippen LogP contribution in [0.4, 0.5) is 0 Å². The van der Waals surface area contributed by atoms with Gasteiger partial charge in [-0.25, -0.2) is 0 Å². The molecule has 1 unspecified atom stereocenters. The first kappa shape index (κ1) is 15.0. The molecule has 0 N–H and O–H groups in total. The van der Waals surface area contributed by atoms with Gasteiger partial charge < -0.3 is 14.4 Å². The quantitative estimate of drug-likeness (QED) is 0.613. The Bertz CT molecular complexity index is 289. The Labute approximate surface area is 108 Å². The number of rotatable bonds is 8. The predicted molar refractivity (Wildman–Crippen MR) is 67.0 cm³/mol. The minimum absolute atomic E-state index is 0.0232. The molecule has 0 aliphatic heterocycles. The summed E-state index contributed by atoms with van der Waals surface area (Å²) in [7, 11) is 1.62. The molecule has 0 radical (unpaired) electrons. The molecule has 1 aliphatic carbocycles. The zero-order valence-corrected chi connectivity index (χ0v) is 11.5. The summed E-state index contributed by atoms with van der Waals surface area (Å²) in [6.45, 7) is 4.73. The number of hydrogen-bond donors (Lipinski definition) is 0.